The standard InChI is InChI=1S/C11H21F3N4.HI/c1-3-18(4-2)10(15)16-9-5-6-17(7-9)8-11(12,13)14;/h9H,3-8H2,1-2H3,(H2,15,16);1H. The Morgan fingerprint density at radius 1 is 1.37 bits per heavy atom. The molecule has 1 atom stereocenters. The van der Waals surface area contributed by atoms with Crippen molar-refractivity contribution in [2.24, 2.45) is 10.7 Å². The average molecular weight is 394 g/mol. The lowest BCUT2D eigenvalue weighted by Crippen LogP contribution is -2.38. The Labute approximate surface area is 129 Å². The molecule has 0 aliphatic carbocycles. The SMILES string of the molecule is CCN(CC)C(N)=NC1CCN(CC(F)(F)F)C1.I. The molecule has 1 fully saturated rings. The van der Waals surface area contributed by atoms with Crippen molar-refractivity contribution in [2.45, 2.75) is 32.5 Å². The monoisotopic (exact) mass is 394 g/mol. The Kier molecular flexibility index (Phi) is 8.02. The molecule has 0 aromatic rings. The molecule has 8 heteroatoms. The van der Waals surface area contributed by atoms with E-state index in [1.807, 2.05) is 18.7 Å². The largest absolute Gasteiger partial charge is 0.401 e. The van der Waals surface area contributed by atoms with Gasteiger partial charge in [0, 0.05) is 26.2 Å². The van der Waals surface area contributed by atoms with Gasteiger partial charge in [-0.2, -0.15) is 13.2 Å². The number of aliphatic imine (C=N–C) groups is 1. The molecule has 1 unspecified atom stereocenters. The summed E-state index contributed by atoms with van der Waals surface area (Å²) in [6.45, 7) is 5.35. The summed E-state index contributed by atoms with van der Waals surface area (Å²) < 4.78 is 36.7. The first-order valence-corrected chi connectivity index (χ1v) is 6.23. The van der Waals surface area contributed by atoms with Crippen LogP contribution in [0.4, 0.5) is 13.2 Å². The van der Waals surface area contributed by atoms with E-state index in [0.29, 0.717) is 25.5 Å². The number of nitrogens with zero attached hydrogens (tertiary/aromatic N) is 3. The molecule has 1 rings (SSSR count). The van der Waals surface area contributed by atoms with Crippen LogP contribution in [0.2, 0.25) is 0 Å². The summed E-state index contributed by atoms with van der Waals surface area (Å²) >= 11 is 0. The van der Waals surface area contributed by atoms with Gasteiger partial charge in [0.25, 0.3) is 0 Å². The highest BCUT2D eigenvalue weighted by molar-refractivity contribution is 14.0. The molecular weight excluding hydrogens is 372 g/mol. The second-order valence-electron chi connectivity index (χ2n) is 4.45. The van der Waals surface area contributed by atoms with Crippen molar-refractivity contribution in [1.82, 2.24) is 9.80 Å². The number of hydrogen-bond acceptors (Lipinski definition) is 2. The van der Waals surface area contributed by atoms with E-state index in [-0.39, 0.29) is 30.0 Å². The van der Waals surface area contributed by atoms with Crippen LogP contribution < -0.4 is 5.73 Å². The average Bonchev–Trinajstić information content (AvgIpc) is 2.64. The number of nitrogens with two attached hydrogens (primary N) is 1. The van der Waals surface area contributed by atoms with Crippen LogP contribution in [-0.2, 0) is 0 Å². The van der Waals surface area contributed by atoms with Crippen molar-refractivity contribution in [2.75, 3.05) is 32.7 Å². The van der Waals surface area contributed by atoms with E-state index < -0.39 is 12.7 Å². The molecule has 0 radical (unpaired) electrons. The van der Waals surface area contributed by atoms with Crippen LogP contribution in [0.1, 0.15) is 20.3 Å². The summed E-state index contributed by atoms with van der Waals surface area (Å²) in [5.74, 6) is 0.429. The van der Waals surface area contributed by atoms with Crippen molar-refractivity contribution in [3.63, 3.8) is 0 Å². The van der Waals surface area contributed by atoms with Gasteiger partial charge in [-0.15, -0.1) is 24.0 Å². The van der Waals surface area contributed by atoms with E-state index in [2.05, 4.69) is 4.99 Å². The maximum Gasteiger partial charge on any atom is 0.401 e. The van der Waals surface area contributed by atoms with Crippen LogP contribution in [0.3, 0.4) is 0 Å². The number of rotatable bonds is 4. The second kappa shape index (κ2) is 8.13. The van der Waals surface area contributed by atoms with Crippen molar-refractivity contribution >= 4 is 29.9 Å². The molecule has 0 aromatic carbocycles. The number of likely N-dealkylation sites (tertiary alicyclic amines) is 1. The molecule has 1 heterocycles. The highest BCUT2D eigenvalue weighted by atomic mass is 127. The fraction of sp³-hybridized carbons (Fsp3) is 0.909. The highest BCUT2D eigenvalue weighted by Crippen LogP contribution is 2.21. The van der Waals surface area contributed by atoms with Gasteiger partial charge in [-0.25, -0.2) is 4.99 Å². The number of hydrogen-bond donors (Lipinski definition) is 1. The minimum Gasteiger partial charge on any atom is -0.370 e. The molecule has 0 spiro atoms. The van der Waals surface area contributed by atoms with E-state index >= 15 is 0 Å². The quantitative estimate of drug-likeness (QED) is 0.450. The van der Waals surface area contributed by atoms with Crippen molar-refractivity contribution in [1.29, 1.82) is 0 Å². The summed E-state index contributed by atoms with van der Waals surface area (Å²) in [5, 5.41) is 0. The molecule has 114 valence electrons. The minimum absolute atomic E-state index is 0. The zero-order valence-corrected chi connectivity index (χ0v) is 13.6. The van der Waals surface area contributed by atoms with Crippen LogP contribution in [-0.4, -0.2) is 60.7 Å². The highest BCUT2D eigenvalue weighted by Gasteiger charge is 2.34. The summed E-state index contributed by atoms with van der Waals surface area (Å²) in [5.41, 5.74) is 5.83. The van der Waals surface area contributed by atoms with Crippen LogP contribution in [0.15, 0.2) is 4.99 Å². The van der Waals surface area contributed by atoms with Crippen molar-refractivity contribution in [3.8, 4) is 0 Å². The molecule has 0 amide bonds. The maximum absolute atomic E-state index is 12.2. The molecule has 1 aliphatic heterocycles. The lowest BCUT2D eigenvalue weighted by molar-refractivity contribution is -0.143. The number of guanidine groups is 1. The van der Waals surface area contributed by atoms with Crippen molar-refractivity contribution in [3.05, 3.63) is 0 Å². The molecule has 0 aromatic heterocycles. The van der Waals surface area contributed by atoms with Gasteiger partial charge in [0.05, 0.1) is 12.6 Å². The molecule has 1 aliphatic rings. The second-order valence-corrected chi connectivity index (χ2v) is 4.45. The van der Waals surface area contributed by atoms with Crippen LogP contribution in [0.25, 0.3) is 0 Å². The predicted molar refractivity (Wildman–Crippen MR) is 80.9 cm³/mol. The lowest BCUT2D eigenvalue weighted by Gasteiger charge is -2.21. The molecular formula is C11H22F3IN4. The third kappa shape index (κ3) is 6.64. The minimum atomic E-state index is -4.14. The first kappa shape index (κ1) is 18.8. The van der Waals surface area contributed by atoms with Crippen LogP contribution >= 0.6 is 24.0 Å². The van der Waals surface area contributed by atoms with E-state index in [1.54, 1.807) is 0 Å². The first-order valence-electron chi connectivity index (χ1n) is 6.23. The Bertz CT molecular complexity index is 292. The molecule has 0 bridgehead atoms. The van der Waals surface area contributed by atoms with Gasteiger partial charge < -0.3 is 10.6 Å². The Hall–Kier alpha value is -0.250. The summed E-state index contributed by atoms with van der Waals surface area (Å²) in [6.07, 6.45) is -3.50. The fourth-order valence-electron chi connectivity index (χ4n) is 2.13. The molecule has 4 nitrogen and oxygen atoms in total. The summed E-state index contributed by atoms with van der Waals surface area (Å²) in [6, 6.07) is -0.118. The van der Waals surface area contributed by atoms with Crippen LogP contribution in [0.5, 0.6) is 0 Å². The van der Waals surface area contributed by atoms with E-state index in [9.17, 15) is 13.2 Å². The van der Waals surface area contributed by atoms with Crippen molar-refractivity contribution < 1.29 is 13.2 Å². The molecule has 2 N–H and O–H groups in total. The Morgan fingerprint density at radius 2 is 1.95 bits per heavy atom. The van der Waals surface area contributed by atoms with Gasteiger partial charge in [0.15, 0.2) is 5.96 Å². The zero-order chi connectivity index (χ0) is 13.8. The van der Waals surface area contributed by atoms with Gasteiger partial charge in [-0.05, 0) is 20.3 Å². The van der Waals surface area contributed by atoms with Crippen LogP contribution in [0, 0.1) is 0 Å². The normalized spacial score (nSPS) is 21.3. The Balaban J connectivity index is 0.00000324. The smallest absolute Gasteiger partial charge is 0.370 e. The molecule has 0 saturated carbocycles. The zero-order valence-electron chi connectivity index (χ0n) is 11.3. The third-order valence-corrected chi connectivity index (χ3v) is 3.05. The van der Waals surface area contributed by atoms with Gasteiger partial charge >= 0.3 is 6.18 Å². The van der Waals surface area contributed by atoms with E-state index in [0.717, 1.165) is 13.1 Å². The van der Waals surface area contributed by atoms with Gasteiger partial charge in [0.2, 0.25) is 0 Å². The topological polar surface area (TPSA) is 44.9 Å². The van der Waals surface area contributed by atoms with Gasteiger partial charge in [-0.3, -0.25) is 4.90 Å². The number of alkyl halides is 3. The lowest BCUT2D eigenvalue weighted by atomic mass is 10.3. The molecule has 1 saturated heterocycles. The van der Waals surface area contributed by atoms with E-state index in [4.69, 9.17) is 5.73 Å². The first-order chi connectivity index (χ1) is 8.35. The molecule has 19 heavy (non-hydrogen) atoms. The van der Waals surface area contributed by atoms with E-state index in [1.165, 1.54) is 4.90 Å². The number of halogens is 4. The maximum atomic E-state index is 12.2. The Morgan fingerprint density at radius 3 is 2.42 bits per heavy atom. The van der Waals surface area contributed by atoms with Gasteiger partial charge in [-0.1, -0.05) is 0 Å². The summed E-state index contributed by atoms with van der Waals surface area (Å²) in [4.78, 5) is 7.58. The fourth-order valence-corrected chi connectivity index (χ4v) is 2.13. The third-order valence-electron chi connectivity index (χ3n) is 3.05. The van der Waals surface area contributed by atoms with Gasteiger partial charge in [0.1, 0.15) is 0 Å². The predicted octanol–water partition coefficient (Wildman–Crippen LogP) is 1.90. The summed E-state index contributed by atoms with van der Waals surface area (Å²) in [7, 11) is 0.